The zero-order valence-corrected chi connectivity index (χ0v) is 12.9. The monoisotopic (exact) mass is 390 g/mol. The van der Waals surface area contributed by atoms with Gasteiger partial charge < -0.3 is 11.1 Å². The SMILES string of the molecule is Nc1cnn(CCNC(=O)c2cc(Cl)ccc2I)c1. The van der Waals surface area contributed by atoms with Gasteiger partial charge in [-0.25, -0.2) is 0 Å². The zero-order chi connectivity index (χ0) is 13.8. The van der Waals surface area contributed by atoms with Crippen molar-refractivity contribution in [2.75, 3.05) is 12.3 Å². The van der Waals surface area contributed by atoms with Crippen molar-refractivity contribution in [3.8, 4) is 0 Å². The highest BCUT2D eigenvalue weighted by Gasteiger charge is 2.09. The predicted molar refractivity (Wildman–Crippen MR) is 83.1 cm³/mol. The maximum absolute atomic E-state index is 12.0. The molecule has 0 bridgehead atoms. The van der Waals surface area contributed by atoms with Crippen molar-refractivity contribution in [3.63, 3.8) is 0 Å². The third-order valence-corrected chi connectivity index (χ3v) is 3.63. The number of nitrogens with zero attached hydrogens (tertiary/aromatic N) is 2. The molecule has 0 aliphatic heterocycles. The van der Waals surface area contributed by atoms with Gasteiger partial charge in [0.15, 0.2) is 0 Å². The molecule has 1 aromatic carbocycles. The highest BCUT2D eigenvalue weighted by atomic mass is 127. The molecule has 0 fully saturated rings. The predicted octanol–water partition coefficient (Wildman–Crippen LogP) is 2.15. The fourth-order valence-corrected chi connectivity index (χ4v) is 2.31. The summed E-state index contributed by atoms with van der Waals surface area (Å²) in [4.78, 5) is 12.0. The summed E-state index contributed by atoms with van der Waals surface area (Å²) in [5.41, 5.74) is 6.74. The van der Waals surface area contributed by atoms with Crippen LogP contribution in [0.2, 0.25) is 5.02 Å². The number of nitrogens with one attached hydrogen (secondary N) is 1. The number of carbonyl (C=O) groups excluding carboxylic acids is 1. The summed E-state index contributed by atoms with van der Waals surface area (Å²) < 4.78 is 2.54. The molecule has 0 unspecified atom stereocenters. The molecule has 0 aliphatic carbocycles. The van der Waals surface area contributed by atoms with Gasteiger partial charge in [-0.1, -0.05) is 11.6 Å². The number of benzene rings is 1. The molecule has 0 saturated heterocycles. The second-order valence-electron chi connectivity index (χ2n) is 3.92. The van der Waals surface area contributed by atoms with Crippen LogP contribution in [-0.4, -0.2) is 22.2 Å². The molecule has 100 valence electrons. The van der Waals surface area contributed by atoms with Gasteiger partial charge in [-0.2, -0.15) is 5.10 Å². The number of hydrogen-bond donors (Lipinski definition) is 2. The molecule has 7 heteroatoms. The average molecular weight is 391 g/mol. The first-order chi connectivity index (χ1) is 9.06. The van der Waals surface area contributed by atoms with E-state index >= 15 is 0 Å². The second kappa shape index (κ2) is 6.25. The van der Waals surface area contributed by atoms with E-state index in [1.54, 1.807) is 29.2 Å². The number of halogens is 2. The third kappa shape index (κ3) is 3.84. The molecule has 1 heterocycles. The van der Waals surface area contributed by atoms with Crippen LogP contribution in [0.3, 0.4) is 0 Å². The largest absolute Gasteiger partial charge is 0.396 e. The Hall–Kier alpha value is -1.28. The highest BCUT2D eigenvalue weighted by Crippen LogP contribution is 2.17. The van der Waals surface area contributed by atoms with Gasteiger partial charge in [-0.05, 0) is 40.8 Å². The minimum absolute atomic E-state index is 0.146. The third-order valence-electron chi connectivity index (χ3n) is 2.45. The van der Waals surface area contributed by atoms with Crippen molar-refractivity contribution < 1.29 is 4.79 Å². The number of nitrogen functional groups attached to an aromatic ring is 1. The summed E-state index contributed by atoms with van der Waals surface area (Å²) >= 11 is 7.99. The Morgan fingerprint density at radius 2 is 2.32 bits per heavy atom. The molecule has 5 nitrogen and oxygen atoms in total. The minimum Gasteiger partial charge on any atom is -0.396 e. The Balaban J connectivity index is 1.92. The highest BCUT2D eigenvalue weighted by molar-refractivity contribution is 14.1. The average Bonchev–Trinajstić information content (AvgIpc) is 2.78. The quantitative estimate of drug-likeness (QED) is 0.786. The molecule has 1 amide bonds. The second-order valence-corrected chi connectivity index (χ2v) is 5.52. The van der Waals surface area contributed by atoms with Crippen LogP contribution in [0.4, 0.5) is 5.69 Å². The Morgan fingerprint density at radius 1 is 1.53 bits per heavy atom. The lowest BCUT2D eigenvalue weighted by Crippen LogP contribution is -2.28. The van der Waals surface area contributed by atoms with Crippen LogP contribution in [0.5, 0.6) is 0 Å². The van der Waals surface area contributed by atoms with Gasteiger partial charge in [-0.3, -0.25) is 9.48 Å². The normalized spacial score (nSPS) is 10.4. The molecule has 0 aliphatic rings. The molecular weight excluding hydrogens is 379 g/mol. The van der Waals surface area contributed by atoms with Gasteiger partial charge in [0.05, 0.1) is 24.0 Å². The van der Waals surface area contributed by atoms with Gasteiger partial charge in [0.1, 0.15) is 0 Å². The van der Waals surface area contributed by atoms with Crippen LogP contribution in [-0.2, 0) is 6.54 Å². The number of rotatable bonds is 4. The molecule has 2 aromatic rings. The standard InChI is InChI=1S/C12H12ClIN4O/c13-8-1-2-11(14)10(5-8)12(19)16-3-4-18-7-9(15)6-17-18/h1-2,5-7H,3-4,15H2,(H,16,19). The number of aromatic nitrogens is 2. The van der Waals surface area contributed by atoms with E-state index in [4.69, 9.17) is 17.3 Å². The summed E-state index contributed by atoms with van der Waals surface area (Å²) in [6.07, 6.45) is 3.29. The zero-order valence-electron chi connectivity index (χ0n) is 9.94. The smallest absolute Gasteiger partial charge is 0.252 e. The van der Waals surface area contributed by atoms with Gasteiger partial charge in [-0.15, -0.1) is 0 Å². The van der Waals surface area contributed by atoms with E-state index in [2.05, 4.69) is 33.0 Å². The Morgan fingerprint density at radius 3 is 3.00 bits per heavy atom. The molecule has 0 saturated carbocycles. The number of anilines is 1. The van der Waals surface area contributed by atoms with Crippen molar-refractivity contribution in [1.29, 1.82) is 0 Å². The van der Waals surface area contributed by atoms with Crippen LogP contribution in [0.1, 0.15) is 10.4 Å². The lowest BCUT2D eigenvalue weighted by atomic mass is 10.2. The van der Waals surface area contributed by atoms with Crippen LogP contribution >= 0.6 is 34.2 Å². The van der Waals surface area contributed by atoms with E-state index in [1.807, 2.05) is 6.07 Å². The summed E-state index contributed by atoms with van der Waals surface area (Å²) in [5, 5.41) is 7.40. The van der Waals surface area contributed by atoms with Crippen molar-refractivity contribution in [3.05, 3.63) is 44.7 Å². The van der Waals surface area contributed by atoms with Crippen LogP contribution in [0.15, 0.2) is 30.6 Å². The van der Waals surface area contributed by atoms with Crippen molar-refractivity contribution in [2.45, 2.75) is 6.54 Å². The number of nitrogens with two attached hydrogens (primary N) is 1. The summed E-state index contributed by atoms with van der Waals surface area (Å²) in [5.74, 6) is -0.146. The first kappa shape index (κ1) is 14.1. The maximum Gasteiger partial charge on any atom is 0.252 e. The lowest BCUT2D eigenvalue weighted by molar-refractivity contribution is 0.0951. The van der Waals surface area contributed by atoms with E-state index in [1.165, 1.54) is 0 Å². The van der Waals surface area contributed by atoms with Gasteiger partial charge in [0, 0.05) is 21.3 Å². The van der Waals surface area contributed by atoms with E-state index in [9.17, 15) is 4.79 Å². The number of amides is 1. The molecule has 3 N–H and O–H groups in total. The first-order valence-electron chi connectivity index (χ1n) is 5.57. The van der Waals surface area contributed by atoms with E-state index in [-0.39, 0.29) is 5.91 Å². The molecule has 0 spiro atoms. The number of carbonyl (C=O) groups is 1. The molecule has 0 atom stereocenters. The number of hydrogen-bond acceptors (Lipinski definition) is 3. The van der Waals surface area contributed by atoms with Gasteiger partial charge in [0.25, 0.3) is 5.91 Å². The molecule has 0 radical (unpaired) electrons. The maximum atomic E-state index is 12.0. The van der Waals surface area contributed by atoms with Gasteiger partial charge >= 0.3 is 0 Å². The van der Waals surface area contributed by atoms with E-state index in [0.717, 1.165) is 3.57 Å². The fourth-order valence-electron chi connectivity index (χ4n) is 1.55. The van der Waals surface area contributed by atoms with Crippen LogP contribution < -0.4 is 11.1 Å². The Kier molecular flexibility index (Phi) is 4.65. The Labute approximate surface area is 129 Å². The molecular formula is C12H12ClIN4O. The van der Waals surface area contributed by atoms with Crippen molar-refractivity contribution in [2.24, 2.45) is 0 Å². The molecule has 2 rings (SSSR count). The minimum atomic E-state index is -0.146. The molecule has 1 aromatic heterocycles. The summed E-state index contributed by atoms with van der Waals surface area (Å²) in [7, 11) is 0. The van der Waals surface area contributed by atoms with Crippen molar-refractivity contribution in [1.82, 2.24) is 15.1 Å². The fraction of sp³-hybridized carbons (Fsp3) is 0.167. The molecule has 19 heavy (non-hydrogen) atoms. The van der Waals surface area contributed by atoms with Gasteiger partial charge in [0.2, 0.25) is 0 Å². The lowest BCUT2D eigenvalue weighted by Gasteiger charge is -2.07. The van der Waals surface area contributed by atoms with E-state index in [0.29, 0.717) is 29.4 Å². The Bertz CT molecular complexity index is 599. The van der Waals surface area contributed by atoms with E-state index < -0.39 is 0 Å². The van der Waals surface area contributed by atoms with Crippen LogP contribution in [0.25, 0.3) is 0 Å². The topological polar surface area (TPSA) is 72.9 Å². The summed E-state index contributed by atoms with van der Waals surface area (Å²) in [6, 6.07) is 5.23. The van der Waals surface area contributed by atoms with Crippen LogP contribution in [0, 0.1) is 3.57 Å². The first-order valence-corrected chi connectivity index (χ1v) is 7.03. The van der Waals surface area contributed by atoms with Crippen molar-refractivity contribution >= 4 is 45.8 Å². The summed E-state index contributed by atoms with van der Waals surface area (Å²) in [6.45, 7) is 1.04.